The maximum Gasteiger partial charge on any atom is 0.282 e. The van der Waals surface area contributed by atoms with Gasteiger partial charge in [0.05, 0.1) is 6.61 Å². The molecular formula is C11H7ClF4N2O. The maximum atomic E-state index is 13.6. The summed E-state index contributed by atoms with van der Waals surface area (Å²) in [6.45, 7) is -0.763. The van der Waals surface area contributed by atoms with E-state index in [-0.39, 0.29) is 16.4 Å². The van der Waals surface area contributed by atoms with E-state index in [9.17, 15) is 17.6 Å². The highest BCUT2D eigenvalue weighted by Gasteiger charge is 2.24. The van der Waals surface area contributed by atoms with Gasteiger partial charge in [0.1, 0.15) is 22.4 Å². The van der Waals surface area contributed by atoms with Crippen molar-refractivity contribution in [2.45, 2.75) is 13.0 Å². The minimum absolute atomic E-state index is 0.284. The van der Waals surface area contributed by atoms with Crippen molar-refractivity contribution in [1.82, 2.24) is 9.78 Å². The van der Waals surface area contributed by atoms with E-state index in [0.29, 0.717) is 10.7 Å². The van der Waals surface area contributed by atoms with Gasteiger partial charge in [0.15, 0.2) is 5.82 Å². The number of alkyl halides is 2. The summed E-state index contributed by atoms with van der Waals surface area (Å²) in [6.07, 6.45) is -2.97. The largest absolute Gasteiger partial charge is 0.391 e. The normalized spacial score (nSPS) is 11.3. The molecule has 0 amide bonds. The van der Waals surface area contributed by atoms with Crippen molar-refractivity contribution in [2.75, 3.05) is 0 Å². The summed E-state index contributed by atoms with van der Waals surface area (Å²) in [6, 6.07) is 2.53. The van der Waals surface area contributed by atoms with Crippen LogP contribution in [0.15, 0.2) is 18.2 Å². The van der Waals surface area contributed by atoms with Gasteiger partial charge in [-0.15, -0.1) is 0 Å². The molecule has 1 aromatic carbocycles. The van der Waals surface area contributed by atoms with Crippen LogP contribution in [0.1, 0.15) is 17.7 Å². The number of halogens is 5. The standard InChI is InChI=1S/C11H7ClF4N2O/c12-10-6(4-19)9(11(15)16)17-18(10)8-2-1-5(13)3-7(8)14/h1-3,11,19H,4H2. The molecule has 3 nitrogen and oxygen atoms in total. The van der Waals surface area contributed by atoms with Crippen LogP contribution in [0.3, 0.4) is 0 Å². The van der Waals surface area contributed by atoms with E-state index in [0.717, 1.165) is 12.1 Å². The molecule has 0 aliphatic carbocycles. The molecule has 0 aliphatic rings. The van der Waals surface area contributed by atoms with Gasteiger partial charge in [-0.05, 0) is 12.1 Å². The van der Waals surface area contributed by atoms with Gasteiger partial charge >= 0.3 is 0 Å². The van der Waals surface area contributed by atoms with Crippen LogP contribution in [0.25, 0.3) is 5.69 Å². The zero-order valence-corrected chi connectivity index (χ0v) is 10.0. The van der Waals surface area contributed by atoms with Crippen molar-refractivity contribution in [3.63, 3.8) is 0 Å². The summed E-state index contributed by atoms with van der Waals surface area (Å²) in [5, 5.41) is 12.1. The molecule has 1 aromatic heterocycles. The second kappa shape index (κ2) is 5.18. The Morgan fingerprint density at radius 1 is 1.32 bits per heavy atom. The number of hydrogen-bond acceptors (Lipinski definition) is 2. The Morgan fingerprint density at radius 2 is 2.00 bits per heavy atom. The van der Waals surface area contributed by atoms with Gasteiger partial charge in [0, 0.05) is 11.6 Å². The van der Waals surface area contributed by atoms with Gasteiger partial charge in [-0.2, -0.15) is 5.10 Å². The molecule has 0 aliphatic heterocycles. The van der Waals surface area contributed by atoms with E-state index in [4.69, 9.17) is 16.7 Å². The molecule has 0 radical (unpaired) electrons. The molecule has 2 aromatic rings. The van der Waals surface area contributed by atoms with Crippen molar-refractivity contribution in [3.8, 4) is 5.69 Å². The maximum absolute atomic E-state index is 13.6. The molecule has 1 N–H and O–H groups in total. The molecule has 19 heavy (non-hydrogen) atoms. The Balaban J connectivity index is 2.63. The number of rotatable bonds is 3. The van der Waals surface area contributed by atoms with E-state index in [2.05, 4.69) is 5.10 Å². The summed E-state index contributed by atoms with van der Waals surface area (Å²) in [7, 11) is 0. The Bertz CT molecular complexity index is 615. The van der Waals surface area contributed by atoms with Crippen molar-refractivity contribution in [1.29, 1.82) is 0 Å². The van der Waals surface area contributed by atoms with E-state index >= 15 is 0 Å². The number of hydrogen-bond donors (Lipinski definition) is 1. The van der Waals surface area contributed by atoms with Crippen molar-refractivity contribution >= 4 is 11.6 Å². The Hall–Kier alpha value is -1.60. The van der Waals surface area contributed by atoms with Crippen LogP contribution in [0.5, 0.6) is 0 Å². The van der Waals surface area contributed by atoms with Crippen LogP contribution in [-0.4, -0.2) is 14.9 Å². The molecule has 2 rings (SSSR count). The molecule has 102 valence electrons. The van der Waals surface area contributed by atoms with Crippen LogP contribution in [0.2, 0.25) is 5.15 Å². The third-order valence-electron chi connectivity index (χ3n) is 2.45. The lowest BCUT2D eigenvalue weighted by Crippen LogP contribution is -2.01. The summed E-state index contributed by atoms with van der Waals surface area (Å²) in [5.74, 6) is -1.82. The predicted molar refractivity (Wildman–Crippen MR) is 59.4 cm³/mol. The molecule has 0 unspecified atom stereocenters. The van der Waals surface area contributed by atoms with Gasteiger partial charge in [0.25, 0.3) is 6.43 Å². The second-order valence-corrected chi connectivity index (χ2v) is 3.98. The van der Waals surface area contributed by atoms with Crippen LogP contribution in [0.4, 0.5) is 17.6 Å². The predicted octanol–water partition coefficient (Wildman–Crippen LogP) is 3.23. The van der Waals surface area contributed by atoms with Gasteiger partial charge in [0.2, 0.25) is 0 Å². The minimum Gasteiger partial charge on any atom is -0.391 e. The monoisotopic (exact) mass is 294 g/mol. The highest BCUT2D eigenvalue weighted by atomic mass is 35.5. The SMILES string of the molecule is OCc1c(C(F)F)nn(-c2ccc(F)cc2F)c1Cl. The van der Waals surface area contributed by atoms with E-state index in [1.165, 1.54) is 0 Å². The van der Waals surface area contributed by atoms with E-state index in [1.54, 1.807) is 0 Å². The van der Waals surface area contributed by atoms with Gasteiger partial charge in [-0.3, -0.25) is 0 Å². The van der Waals surface area contributed by atoms with Crippen LogP contribution < -0.4 is 0 Å². The van der Waals surface area contributed by atoms with Crippen molar-refractivity contribution in [2.24, 2.45) is 0 Å². The number of nitrogens with zero attached hydrogens (tertiary/aromatic N) is 2. The lowest BCUT2D eigenvalue weighted by Gasteiger charge is -2.04. The number of aromatic nitrogens is 2. The van der Waals surface area contributed by atoms with Crippen LogP contribution >= 0.6 is 11.6 Å². The molecule has 0 saturated carbocycles. The third kappa shape index (κ3) is 2.43. The fourth-order valence-electron chi connectivity index (χ4n) is 1.58. The molecule has 0 fully saturated rings. The zero-order valence-electron chi connectivity index (χ0n) is 9.25. The lowest BCUT2D eigenvalue weighted by molar-refractivity contribution is 0.141. The first-order valence-corrected chi connectivity index (χ1v) is 5.45. The lowest BCUT2D eigenvalue weighted by atomic mass is 10.2. The Morgan fingerprint density at radius 3 is 2.47 bits per heavy atom. The molecule has 8 heteroatoms. The summed E-state index contributed by atoms with van der Waals surface area (Å²) in [4.78, 5) is 0. The fraction of sp³-hybridized carbons (Fsp3) is 0.182. The highest BCUT2D eigenvalue weighted by molar-refractivity contribution is 6.30. The second-order valence-electron chi connectivity index (χ2n) is 3.62. The van der Waals surface area contributed by atoms with Crippen LogP contribution in [-0.2, 0) is 6.61 Å². The summed E-state index contributed by atoms with van der Waals surface area (Å²) in [5.41, 5.74) is -1.32. The molecule has 0 atom stereocenters. The number of aliphatic hydroxyl groups is 1. The van der Waals surface area contributed by atoms with Crippen molar-refractivity contribution < 1.29 is 22.7 Å². The third-order valence-corrected chi connectivity index (χ3v) is 2.84. The minimum atomic E-state index is -2.97. The quantitative estimate of drug-likeness (QED) is 0.883. The zero-order chi connectivity index (χ0) is 14.2. The molecular weight excluding hydrogens is 288 g/mol. The summed E-state index contributed by atoms with van der Waals surface area (Å²) >= 11 is 5.77. The van der Waals surface area contributed by atoms with Gasteiger partial charge < -0.3 is 5.11 Å². The topological polar surface area (TPSA) is 38.1 Å². The smallest absolute Gasteiger partial charge is 0.282 e. The fourth-order valence-corrected chi connectivity index (χ4v) is 1.87. The molecule has 1 heterocycles. The van der Waals surface area contributed by atoms with Gasteiger partial charge in [-0.1, -0.05) is 11.6 Å². The first-order chi connectivity index (χ1) is 8.95. The average Bonchev–Trinajstić information content (AvgIpc) is 2.66. The van der Waals surface area contributed by atoms with E-state index < -0.39 is 30.4 Å². The average molecular weight is 295 g/mol. The Kier molecular flexibility index (Phi) is 3.77. The highest BCUT2D eigenvalue weighted by Crippen LogP contribution is 2.30. The Labute approximate surface area is 110 Å². The number of benzene rings is 1. The molecule has 0 bridgehead atoms. The first kappa shape index (κ1) is 13.8. The summed E-state index contributed by atoms with van der Waals surface area (Å²) < 4.78 is 52.4. The van der Waals surface area contributed by atoms with Crippen molar-refractivity contribution in [3.05, 3.63) is 46.2 Å². The first-order valence-electron chi connectivity index (χ1n) is 5.07. The molecule has 0 saturated heterocycles. The number of aliphatic hydroxyl groups excluding tert-OH is 1. The van der Waals surface area contributed by atoms with Gasteiger partial charge in [-0.25, -0.2) is 22.2 Å². The van der Waals surface area contributed by atoms with Crippen LogP contribution in [0, 0.1) is 11.6 Å². The van der Waals surface area contributed by atoms with E-state index in [1.807, 2.05) is 0 Å². The molecule has 0 spiro atoms.